The molecule has 1 aromatic heterocycles. The van der Waals surface area contributed by atoms with Crippen molar-refractivity contribution in [3.05, 3.63) is 59.9 Å². The maximum Gasteiger partial charge on any atom is 0.251 e. The number of piperazine rings is 1. The highest BCUT2D eigenvalue weighted by Gasteiger charge is 2.31. The molecule has 0 saturated carbocycles. The number of ether oxygens (including phenoxy) is 1. The molecule has 3 rings (SSSR count). The van der Waals surface area contributed by atoms with Crippen LogP contribution in [-0.4, -0.2) is 65.9 Å². The molecule has 30 heavy (non-hydrogen) atoms. The molecular weight excluding hydrogens is 380 g/mol. The van der Waals surface area contributed by atoms with Crippen LogP contribution in [0.4, 0.5) is 0 Å². The Kier molecular flexibility index (Phi) is 7.41. The Labute approximate surface area is 178 Å². The van der Waals surface area contributed by atoms with Crippen molar-refractivity contribution < 1.29 is 14.3 Å². The number of amides is 2. The van der Waals surface area contributed by atoms with Crippen LogP contribution in [0, 0.1) is 5.92 Å². The van der Waals surface area contributed by atoms with E-state index in [1.165, 1.54) is 5.56 Å². The van der Waals surface area contributed by atoms with Gasteiger partial charge in [-0.05, 0) is 47.9 Å². The average molecular weight is 411 g/mol. The summed E-state index contributed by atoms with van der Waals surface area (Å²) in [6.07, 6.45) is 3.60. The maximum atomic E-state index is 13.1. The predicted octanol–water partition coefficient (Wildman–Crippen LogP) is 2.19. The lowest BCUT2D eigenvalue weighted by Gasteiger charge is -2.37. The smallest absolute Gasteiger partial charge is 0.251 e. The van der Waals surface area contributed by atoms with Gasteiger partial charge < -0.3 is 15.0 Å². The Morgan fingerprint density at radius 2 is 1.67 bits per heavy atom. The van der Waals surface area contributed by atoms with Gasteiger partial charge in [-0.1, -0.05) is 13.8 Å². The van der Waals surface area contributed by atoms with Crippen LogP contribution < -0.4 is 10.1 Å². The highest BCUT2D eigenvalue weighted by Crippen LogP contribution is 2.14. The van der Waals surface area contributed by atoms with Gasteiger partial charge in [0.15, 0.2) is 0 Å². The van der Waals surface area contributed by atoms with Crippen molar-refractivity contribution in [1.29, 1.82) is 0 Å². The predicted molar refractivity (Wildman–Crippen MR) is 115 cm³/mol. The molecule has 1 aliphatic rings. The summed E-state index contributed by atoms with van der Waals surface area (Å²) in [5.41, 5.74) is 1.73. The fraction of sp³-hybridized carbons (Fsp3) is 0.435. The summed E-state index contributed by atoms with van der Waals surface area (Å²) < 4.78 is 5.13. The van der Waals surface area contributed by atoms with E-state index in [2.05, 4.69) is 15.2 Å². The Balaban J connectivity index is 1.56. The monoisotopic (exact) mass is 410 g/mol. The number of aromatic nitrogens is 1. The van der Waals surface area contributed by atoms with Crippen molar-refractivity contribution in [2.24, 2.45) is 5.92 Å². The molecule has 7 heteroatoms. The molecule has 0 radical (unpaired) electrons. The summed E-state index contributed by atoms with van der Waals surface area (Å²) in [6.45, 7) is 7.70. The van der Waals surface area contributed by atoms with Crippen molar-refractivity contribution in [2.45, 2.75) is 26.4 Å². The number of benzene rings is 1. The molecule has 1 N–H and O–H groups in total. The van der Waals surface area contributed by atoms with Crippen LogP contribution in [0.15, 0.2) is 48.8 Å². The molecule has 1 aliphatic heterocycles. The largest absolute Gasteiger partial charge is 0.497 e. The van der Waals surface area contributed by atoms with Crippen molar-refractivity contribution >= 4 is 11.8 Å². The van der Waals surface area contributed by atoms with Gasteiger partial charge in [-0.2, -0.15) is 0 Å². The third-order valence-electron chi connectivity index (χ3n) is 5.41. The van der Waals surface area contributed by atoms with E-state index in [0.717, 1.165) is 19.6 Å². The summed E-state index contributed by atoms with van der Waals surface area (Å²) >= 11 is 0. The van der Waals surface area contributed by atoms with Crippen molar-refractivity contribution in [3.63, 3.8) is 0 Å². The van der Waals surface area contributed by atoms with E-state index in [1.54, 1.807) is 43.8 Å². The van der Waals surface area contributed by atoms with Gasteiger partial charge in [-0.15, -0.1) is 0 Å². The van der Waals surface area contributed by atoms with Crippen LogP contribution >= 0.6 is 0 Å². The number of methoxy groups -OCH3 is 1. The number of pyridine rings is 1. The molecule has 0 bridgehead atoms. The van der Waals surface area contributed by atoms with Gasteiger partial charge in [0.05, 0.1) is 7.11 Å². The molecule has 0 aliphatic carbocycles. The quantitative estimate of drug-likeness (QED) is 0.757. The summed E-state index contributed by atoms with van der Waals surface area (Å²) in [5, 5.41) is 2.93. The molecule has 2 aromatic rings. The Morgan fingerprint density at radius 1 is 1.03 bits per heavy atom. The van der Waals surface area contributed by atoms with Crippen LogP contribution in [0.25, 0.3) is 0 Å². The van der Waals surface area contributed by atoms with Crippen molar-refractivity contribution in [3.8, 4) is 5.75 Å². The lowest BCUT2D eigenvalue weighted by Crippen LogP contribution is -2.56. The van der Waals surface area contributed by atoms with E-state index in [-0.39, 0.29) is 17.7 Å². The number of nitrogens with one attached hydrogen (secondary N) is 1. The lowest BCUT2D eigenvalue weighted by molar-refractivity contribution is -0.136. The maximum absolute atomic E-state index is 13.1. The molecule has 1 atom stereocenters. The van der Waals surface area contributed by atoms with E-state index >= 15 is 0 Å². The molecule has 1 fully saturated rings. The fourth-order valence-electron chi connectivity index (χ4n) is 3.55. The normalized spacial score (nSPS) is 15.7. The van der Waals surface area contributed by atoms with Gasteiger partial charge in [0.1, 0.15) is 11.8 Å². The fourth-order valence-corrected chi connectivity index (χ4v) is 3.55. The molecule has 1 unspecified atom stereocenters. The molecule has 1 saturated heterocycles. The first kappa shape index (κ1) is 21.8. The zero-order chi connectivity index (χ0) is 21.5. The second-order valence-electron chi connectivity index (χ2n) is 7.88. The first-order valence-corrected chi connectivity index (χ1v) is 10.3. The number of carbonyl (C=O) groups is 2. The molecule has 2 heterocycles. The lowest BCUT2D eigenvalue weighted by atomic mass is 10.0. The van der Waals surface area contributed by atoms with Gasteiger partial charge in [-0.3, -0.25) is 19.5 Å². The van der Waals surface area contributed by atoms with Gasteiger partial charge in [0.25, 0.3) is 5.91 Å². The van der Waals surface area contributed by atoms with Crippen LogP contribution in [0.2, 0.25) is 0 Å². The van der Waals surface area contributed by atoms with Gasteiger partial charge in [0, 0.05) is 50.7 Å². The molecule has 7 nitrogen and oxygen atoms in total. The van der Waals surface area contributed by atoms with Crippen molar-refractivity contribution in [1.82, 2.24) is 20.1 Å². The van der Waals surface area contributed by atoms with Gasteiger partial charge >= 0.3 is 0 Å². The van der Waals surface area contributed by atoms with E-state index in [1.807, 2.05) is 30.9 Å². The summed E-state index contributed by atoms with van der Waals surface area (Å²) in [5.74, 6) is 0.415. The Hall–Kier alpha value is -2.93. The summed E-state index contributed by atoms with van der Waals surface area (Å²) in [7, 11) is 1.58. The summed E-state index contributed by atoms with van der Waals surface area (Å²) in [6, 6.07) is 10.4. The Morgan fingerprint density at radius 3 is 2.23 bits per heavy atom. The number of nitrogens with zero attached hydrogens (tertiary/aromatic N) is 3. The SMILES string of the molecule is COc1ccc(C(=O)NC(C(=O)N2CCN(Cc3ccncc3)CC2)C(C)C)cc1. The minimum Gasteiger partial charge on any atom is -0.497 e. The standard InChI is InChI=1S/C23H30N4O3/c1-17(2)21(25-22(28)19-4-6-20(30-3)7-5-19)23(29)27-14-12-26(13-15-27)16-18-8-10-24-11-9-18/h4-11,17,21H,12-16H2,1-3H3,(H,25,28). The zero-order valence-electron chi connectivity index (χ0n) is 17.9. The number of rotatable bonds is 7. The van der Waals surface area contributed by atoms with Crippen molar-refractivity contribution in [2.75, 3.05) is 33.3 Å². The van der Waals surface area contributed by atoms with E-state index in [0.29, 0.717) is 24.4 Å². The van der Waals surface area contributed by atoms with Gasteiger partial charge in [0.2, 0.25) is 5.91 Å². The van der Waals surface area contributed by atoms with Crippen LogP contribution in [0.1, 0.15) is 29.8 Å². The highest BCUT2D eigenvalue weighted by atomic mass is 16.5. The second-order valence-corrected chi connectivity index (χ2v) is 7.88. The van der Waals surface area contributed by atoms with Gasteiger partial charge in [-0.25, -0.2) is 0 Å². The molecule has 160 valence electrons. The molecule has 1 aromatic carbocycles. The zero-order valence-corrected chi connectivity index (χ0v) is 17.9. The van der Waals surface area contributed by atoms with E-state index in [4.69, 9.17) is 4.74 Å². The van der Waals surface area contributed by atoms with Crippen LogP contribution in [0.5, 0.6) is 5.75 Å². The van der Waals surface area contributed by atoms with E-state index < -0.39 is 6.04 Å². The van der Waals surface area contributed by atoms with Crippen LogP contribution in [-0.2, 0) is 11.3 Å². The third-order valence-corrected chi connectivity index (χ3v) is 5.41. The minimum absolute atomic E-state index is 0.00505. The average Bonchev–Trinajstić information content (AvgIpc) is 2.78. The number of hydrogen-bond donors (Lipinski definition) is 1. The first-order valence-electron chi connectivity index (χ1n) is 10.3. The molecule has 2 amide bonds. The molecular formula is C23H30N4O3. The topological polar surface area (TPSA) is 74.8 Å². The Bertz CT molecular complexity index is 831. The highest BCUT2D eigenvalue weighted by molar-refractivity contribution is 5.97. The first-order chi connectivity index (χ1) is 14.5. The number of hydrogen-bond acceptors (Lipinski definition) is 5. The minimum atomic E-state index is -0.550. The second kappa shape index (κ2) is 10.2. The van der Waals surface area contributed by atoms with E-state index in [9.17, 15) is 9.59 Å². The van der Waals surface area contributed by atoms with Crippen LogP contribution in [0.3, 0.4) is 0 Å². The third kappa shape index (κ3) is 5.57. The number of carbonyl (C=O) groups excluding carboxylic acids is 2. The summed E-state index contributed by atoms with van der Waals surface area (Å²) in [4.78, 5) is 34.0. The molecule has 0 spiro atoms.